The summed E-state index contributed by atoms with van der Waals surface area (Å²) in [7, 11) is 0. The van der Waals surface area contributed by atoms with E-state index in [4.69, 9.17) is 17.3 Å². The first kappa shape index (κ1) is 13.3. The topological polar surface area (TPSA) is 41.6 Å². The number of halogens is 2. The quantitative estimate of drug-likeness (QED) is 0.890. The molecule has 1 atom stereocenters. The minimum Gasteiger partial charge on any atom is -0.370 e. The Hall–Kier alpha value is -0.740. The molecule has 3 rings (SSSR count). The third-order valence-electron chi connectivity index (χ3n) is 4.07. The van der Waals surface area contributed by atoms with E-state index in [0.717, 1.165) is 16.0 Å². The van der Waals surface area contributed by atoms with E-state index in [-0.39, 0.29) is 6.04 Å². The lowest BCUT2D eigenvalue weighted by Gasteiger charge is -2.32. The Balaban J connectivity index is 1.91. The fraction of sp³-hybridized carbons (Fsp3) is 0.500. The monoisotopic (exact) mass is 341 g/mol. The molecule has 1 heterocycles. The van der Waals surface area contributed by atoms with Gasteiger partial charge in [0.15, 0.2) is 5.96 Å². The third-order valence-corrected chi connectivity index (χ3v) is 4.99. The van der Waals surface area contributed by atoms with Gasteiger partial charge in [-0.25, -0.2) is 0 Å². The van der Waals surface area contributed by atoms with Crippen LogP contribution in [0.4, 0.5) is 0 Å². The van der Waals surface area contributed by atoms with Crippen molar-refractivity contribution in [2.24, 2.45) is 10.7 Å². The zero-order valence-electron chi connectivity index (χ0n) is 10.6. The van der Waals surface area contributed by atoms with Crippen molar-refractivity contribution in [2.45, 2.75) is 37.8 Å². The summed E-state index contributed by atoms with van der Waals surface area (Å²) in [5, 5.41) is 0.745. The highest BCUT2D eigenvalue weighted by atomic mass is 79.9. The van der Waals surface area contributed by atoms with Gasteiger partial charge in [0.1, 0.15) is 0 Å². The predicted octanol–water partition coefficient (Wildman–Crippen LogP) is 3.72. The van der Waals surface area contributed by atoms with Crippen molar-refractivity contribution in [1.29, 1.82) is 0 Å². The van der Waals surface area contributed by atoms with Crippen LogP contribution >= 0.6 is 27.5 Å². The van der Waals surface area contributed by atoms with Crippen LogP contribution < -0.4 is 5.73 Å². The van der Waals surface area contributed by atoms with Gasteiger partial charge < -0.3 is 10.6 Å². The predicted molar refractivity (Wildman–Crippen MR) is 82.5 cm³/mol. The number of nitrogens with zero attached hydrogens (tertiary/aromatic N) is 2. The van der Waals surface area contributed by atoms with E-state index in [2.05, 4.69) is 31.9 Å². The first-order chi connectivity index (χ1) is 9.16. The van der Waals surface area contributed by atoms with Gasteiger partial charge in [-0.1, -0.05) is 46.4 Å². The lowest BCUT2D eigenvalue weighted by molar-refractivity contribution is 0.261. The standard InChI is InChI=1S/C14H17BrClN3/c15-12-7-9(16)5-6-11(12)13-8-18-14(17)19(13)10-3-1-2-4-10/h5-7,10,13H,1-4,8H2,(H2,17,18). The summed E-state index contributed by atoms with van der Waals surface area (Å²) in [4.78, 5) is 6.76. The molecular weight excluding hydrogens is 326 g/mol. The molecule has 2 aliphatic rings. The third kappa shape index (κ3) is 2.48. The molecule has 3 nitrogen and oxygen atoms in total. The zero-order chi connectivity index (χ0) is 13.4. The Kier molecular flexibility index (Phi) is 3.72. The van der Waals surface area contributed by atoms with Gasteiger partial charge in [0.2, 0.25) is 0 Å². The summed E-state index contributed by atoms with van der Waals surface area (Å²) in [6, 6.07) is 6.74. The number of hydrogen-bond acceptors (Lipinski definition) is 3. The molecular formula is C14H17BrClN3. The fourth-order valence-electron chi connectivity index (χ4n) is 3.15. The van der Waals surface area contributed by atoms with E-state index < -0.39 is 0 Å². The molecule has 1 aromatic carbocycles. The molecule has 0 bridgehead atoms. The average molecular weight is 343 g/mol. The van der Waals surface area contributed by atoms with E-state index in [9.17, 15) is 0 Å². The van der Waals surface area contributed by atoms with Gasteiger partial charge in [-0.3, -0.25) is 4.99 Å². The molecule has 5 heteroatoms. The molecule has 0 radical (unpaired) electrons. The van der Waals surface area contributed by atoms with Crippen molar-refractivity contribution in [3.8, 4) is 0 Å². The van der Waals surface area contributed by atoms with Crippen LogP contribution in [0.15, 0.2) is 27.7 Å². The normalized spacial score (nSPS) is 24.0. The smallest absolute Gasteiger partial charge is 0.192 e. The van der Waals surface area contributed by atoms with Crippen molar-refractivity contribution in [3.63, 3.8) is 0 Å². The van der Waals surface area contributed by atoms with Gasteiger partial charge in [0.05, 0.1) is 12.6 Å². The highest BCUT2D eigenvalue weighted by Crippen LogP contribution is 2.37. The highest BCUT2D eigenvalue weighted by Gasteiger charge is 2.35. The van der Waals surface area contributed by atoms with Gasteiger partial charge in [0.25, 0.3) is 0 Å². The van der Waals surface area contributed by atoms with Crippen LogP contribution in [0, 0.1) is 0 Å². The van der Waals surface area contributed by atoms with Crippen LogP contribution in [0.3, 0.4) is 0 Å². The molecule has 1 aliphatic heterocycles. The van der Waals surface area contributed by atoms with E-state index in [1.807, 2.05) is 12.1 Å². The molecule has 0 aromatic heterocycles. The van der Waals surface area contributed by atoms with Crippen molar-refractivity contribution in [2.75, 3.05) is 6.54 Å². The number of aliphatic imine (C=N–C) groups is 1. The molecule has 102 valence electrons. The van der Waals surface area contributed by atoms with Crippen LogP contribution in [-0.2, 0) is 0 Å². The van der Waals surface area contributed by atoms with Crippen molar-refractivity contribution in [3.05, 3.63) is 33.3 Å². The minimum atomic E-state index is 0.245. The van der Waals surface area contributed by atoms with Crippen LogP contribution in [0.25, 0.3) is 0 Å². The maximum Gasteiger partial charge on any atom is 0.192 e. The van der Waals surface area contributed by atoms with Gasteiger partial charge in [0, 0.05) is 15.5 Å². The lowest BCUT2D eigenvalue weighted by Crippen LogP contribution is -2.42. The van der Waals surface area contributed by atoms with Crippen LogP contribution in [0.5, 0.6) is 0 Å². The fourth-order valence-corrected chi connectivity index (χ4v) is 4.10. The summed E-state index contributed by atoms with van der Waals surface area (Å²) < 4.78 is 1.04. The van der Waals surface area contributed by atoms with Gasteiger partial charge >= 0.3 is 0 Å². The highest BCUT2D eigenvalue weighted by molar-refractivity contribution is 9.10. The minimum absolute atomic E-state index is 0.245. The van der Waals surface area contributed by atoms with E-state index in [1.54, 1.807) is 0 Å². The molecule has 1 aromatic rings. The maximum atomic E-state index is 6.10. The number of guanidine groups is 1. The molecule has 0 saturated heterocycles. The Morgan fingerprint density at radius 2 is 2.05 bits per heavy atom. The molecule has 2 N–H and O–H groups in total. The number of benzene rings is 1. The first-order valence-electron chi connectivity index (χ1n) is 6.70. The molecule has 0 amide bonds. The van der Waals surface area contributed by atoms with Crippen LogP contribution in [0.1, 0.15) is 37.3 Å². The second-order valence-electron chi connectivity index (χ2n) is 5.23. The van der Waals surface area contributed by atoms with E-state index >= 15 is 0 Å². The summed E-state index contributed by atoms with van der Waals surface area (Å²) >= 11 is 9.63. The van der Waals surface area contributed by atoms with Gasteiger partial charge in [-0.2, -0.15) is 0 Å². The lowest BCUT2D eigenvalue weighted by atomic mass is 10.0. The average Bonchev–Trinajstić information content (AvgIpc) is 2.98. The molecule has 1 aliphatic carbocycles. The Morgan fingerprint density at radius 1 is 1.32 bits per heavy atom. The SMILES string of the molecule is NC1=NCC(c2ccc(Cl)cc2Br)N1C1CCCC1. The summed E-state index contributed by atoms with van der Waals surface area (Å²) in [6.07, 6.45) is 5.03. The summed E-state index contributed by atoms with van der Waals surface area (Å²) in [5.41, 5.74) is 7.32. The maximum absolute atomic E-state index is 6.10. The Bertz CT molecular complexity index is 511. The van der Waals surface area contributed by atoms with Crippen molar-refractivity contribution < 1.29 is 0 Å². The second kappa shape index (κ2) is 5.33. The first-order valence-corrected chi connectivity index (χ1v) is 7.87. The molecule has 19 heavy (non-hydrogen) atoms. The second-order valence-corrected chi connectivity index (χ2v) is 6.52. The van der Waals surface area contributed by atoms with Crippen LogP contribution in [0.2, 0.25) is 5.02 Å². The van der Waals surface area contributed by atoms with Crippen molar-refractivity contribution >= 4 is 33.5 Å². The Labute approximate surface area is 127 Å². The van der Waals surface area contributed by atoms with Crippen molar-refractivity contribution in [1.82, 2.24) is 4.90 Å². The molecule has 1 fully saturated rings. The Morgan fingerprint density at radius 3 is 2.74 bits per heavy atom. The number of nitrogens with two attached hydrogens (primary N) is 1. The van der Waals surface area contributed by atoms with E-state index in [1.165, 1.54) is 31.2 Å². The van der Waals surface area contributed by atoms with Crippen LogP contribution in [-0.4, -0.2) is 23.4 Å². The molecule has 1 saturated carbocycles. The van der Waals surface area contributed by atoms with Gasteiger partial charge in [-0.05, 0) is 30.5 Å². The number of hydrogen-bond donors (Lipinski definition) is 1. The zero-order valence-corrected chi connectivity index (χ0v) is 13.0. The van der Waals surface area contributed by atoms with E-state index in [0.29, 0.717) is 12.0 Å². The summed E-state index contributed by atoms with van der Waals surface area (Å²) in [5.74, 6) is 0.693. The molecule has 1 unspecified atom stereocenters. The largest absolute Gasteiger partial charge is 0.370 e. The summed E-state index contributed by atoms with van der Waals surface area (Å²) in [6.45, 7) is 0.739. The van der Waals surface area contributed by atoms with Gasteiger partial charge in [-0.15, -0.1) is 0 Å². The number of rotatable bonds is 2. The molecule has 0 spiro atoms.